The molecule has 1 aliphatic rings. The molecule has 2 atom stereocenters. The molecule has 0 radical (unpaired) electrons. The van der Waals surface area contributed by atoms with E-state index in [4.69, 9.17) is 9.47 Å². The third-order valence-corrected chi connectivity index (χ3v) is 6.80. The fourth-order valence-electron chi connectivity index (χ4n) is 5.22. The Hall–Kier alpha value is -4.10. The van der Waals surface area contributed by atoms with Crippen LogP contribution in [0.15, 0.2) is 103 Å². The molecule has 2 unspecified atom stereocenters. The normalized spacial score (nSPS) is 19.6. The smallest absolute Gasteiger partial charge is 0.266 e. The summed E-state index contributed by atoms with van der Waals surface area (Å²) in [5, 5.41) is 33.9. The maximum absolute atomic E-state index is 13.2. The third kappa shape index (κ3) is 3.74. The molecule has 4 rings (SSSR count). The van der Waals surface area contributed by atoms with Gasteiger partial charge in [0.1, 0.15) is 22.7 Å². The van der Waals surface area contributed by atoms with Crippen LogP contribution in [0.3, 0.4) is 0 Å². The van der Waals surface area contributed by atoms with Crippen LogP contribution in [-0.2, 0) is 5.41 Å². The molecule has 3 aromatic carbocycles. The van der Waals surface area contributed by atoms with Crippen molar-refractivity contribution in [3.05, 3.63) is 130 Å². The summed E-state index contributed by atoms with van der Waals surface area (Å²) >= 11 is 0. The minimum atomic E-state index is -1.89. The van der Waals surface area contributed by atoms with E-state index in [1.165, 1.54) is 18.2 Å². The molecule has 0 saturated heterocycles. The Labute approximate surface area is 203 Å². The Morgan fingerprint density at radius 3 is 1.80 bits per heavy atom. The zero-order chi connectivity index (χ0) is 25.1. The Morgan fingerprint density at radius 2 is 1.37 bits per heavy atom. The largest absolute Gasteiger partial charge is 0.508 e. The summed E-state index contributed by atoms with van der Waals surface area (Å²) in [5.41, 5.74) is -1.38. The Kier molecular flexibility index (Phi) is 6.62. The first-order valence-electron chi connectivity index (χ1n) is 11.1. The molecule has 0 aromatic heterocycles. The van der Waals surface area contributed by atoms with Crippen LogP contribution in [0.1, 0.15) is 16.7 Å². The predicted octanol–water partition coefficient (Wildman–Crippen LogP) is 4.67. The molecule has 0 saturated carbocycles. The molecule has 1 aliphatic carbocycles. The molecule has 0 aliphatic heterocycles. The van der Waals surface area contributed by atoms with Gasteiger partial charge in [0.25, 0.3) is 5.54 Å². The first-order valence-corrected chi connectivity index (χ1v) is 11.1. The van der Waals surface area contributed by atoms with E-state index in [1.807, 2.05) is 54.6 Å². The fraction of sp³-hybridized carbons (Fsp3) is 0.214. The SMILES string of the molecule is COc1ccc(C(c2ccccc2)(c2ccc(OC)cc2)C2([N+](=O)[O-])C=CC(O)=CC2CO)cc1. The van der Waals surface area contributed by atoms with Crippen LogP contribution in [0.25, 0.3) is 0 Å². The van der Waals surface area contributed by atoms with Gasteiger partial charge in [0, 0.05) is 4.92 Å². The number of methoxy groups -OCH3 is 2. The van der Waals surface area contributed by atoms with E-state index in [0.717, 1.165) is 0 Å². The van der Waals surface area contributed by atoms with Crippen molar-refractivity contribution in [3.8, 4) is 11.5 Å². The Bertz CT molecular complexity index is 1190. The molecule has 0 bridgehead atoms. The van der Waals surface area contributed by atoms with Crippen LogP contribution in [0.5, 0.6) is 11.5 Å². The summed E-state index contributed by atoms with van der Waals surface area (Å²) in [4.78, 5) is 12.9. The molecule has 0 fully saturated rings. The minimum Gasteiger partial charge on any atom is -0.508 e. The number of hydrogen-bond donors (Lipinski definition) is 2. The second-order valence-electron chi connectivity index (χ2n) is 8.37. The molecule has 0 heterocycles. The number of nitro groups is 1. The molecule has 180 valence electrons. The molecular weight excluding hydrogens is 446 g/mol. The van der Waals surface area contributed by atoms with Gasteiger partial charge in [-0.15, -0.1) is 0 Å². The van der Waals surface area contributed by atoms with E-state index >= 15 is 0 Å². The van der Waals surface area contributed by atoms with Gasteiger partial charge in [0.15, 0.2) is 0 Å². The van der Waals surface area contributed by atoms with Crippen molar-refractivity contribution in [2.45, 2.75) is 11.0 Å². The maximum atomic E-state index is 13.2. The number of aliphatic hydroxyl groups excluding tert-OH is 2. The summed E-state index contributed by atoms with van der Waals surface area (Å²) in [7, 11) is 3.11. The van der Waals surface area contributed by atoms with E-state index in [-0.39, 0.29) is 10.7 Å². The summed E-state index contributed by atoms with van der Waals surface area (Å²) in [5.74, 6) is 0.0481. The highest BCUT2D eigenvalue weighted by Gasteiger charge is 2.66. The molecule has 3 aromatic rings. The first-order chi connectivity index (χ1) is 16.9. The monoisotopic (exact) mass is 473 g/mol. The van der Waals surface area contributed by atoms with Crippen molar-refractivity contribution in [2.24, 2.45) is 5.92 Å². The van der Waals surface area contributed by atoms with Gasteiger partial charge in [-0.3, -0.25) is 10.1 Å². The van der Waals surface area contributed by atoms with Gasteiger partial charge in [0.2, 0.25) is 0 Å². The fourth-order valence-corrected chi connectivity index (χ4v) is 5.22. The first kappa shape index (κ1) is 24.0. The van der Waals surface area contributed by atoms with Crippen LogP contribution < -0.4 is 9.47 Å². The summed E-state index contributed by atoms with van der Waals surface area (Å²) < 4.78 is 10.7. The predicted molar refractivity (Wildman–Crippen MR) is 132 cm³/mol. The van der Waals surface area contributed by atoms with Crippen LogP contribution in [0.2, 0.25) is 0 Å². The van der Waals surface area contributed by atoms with Crippen molar-refractivity contribution < 1.29 is 24.6 Å². The lowest BCUT2D eigenvalue weighted by atomic mass is 9.53. The van der Waals surface area contributed by atoms with Crippen LogP contribution in [-0.4, -0.2) is 41.5 Å². The van der Waals surface area contributed by atoms with Crippen molar-refractivity contribution in [2.75, 3.05) is 20.8 Å². The summed E-state index contributed by atoms with van der Waals surface area (Å²) in [6.45, 7) is -0.545. The van der Waals surface area contributed by atoms with E-state index in [0.29, 0.717) is 28.2 Å². The number of rotatable bonds is 8. The van der Waals surface area contributed by atoms with E-state index in [1.54, 1.807) is 38.5 Å². The van der Waals surface area contributed by atoms with Crippen molar-refractivity contribution in [1.82, 2.24) is 0 Å². The standard InChI is InChI=1S/C28H27NO6/c1-34-25-12-8-21(9-13-25)28(20-6-4-3-5-7-20,22-10-14-26(35-2)15-11-22)27(29(32)33)17-16-24(31)18-23(27)19-30/h3-18,23,30-31H,19H2,1-2H3. The van der Waals surface area contributed by atoms with Gasteiger partial charge in [-0.2, -0.15) is 0 Å². The van der Waals surface area contributed by atoms with Gasteiger partial charge < -0.3 is 19.7 Å². The molecule has 2 N–H and O–H groups in total. The maximum Gasteiger partial charge on any atom is 0.266 e. The highest BCUT2D eigenvalue weighted by atomic mass is 16.6. The quantitative estimate of drug-likeness (QED) is 0.280. The molecule has 0 amide bonds. The molecule has 7 nitrogen and oxygen atoms in total. The molecule has 7 heteroatoms. The van der Waals surface area contributed by atoms with Crippen LogP contribution in [0, 0.1) is 16.0 Å². The highest BCUT2D eigenvalue weighted by molar-refractivity contribution is 5.58. The second kappa shape index (κ2) is 9.64. The zero-order valence-electron chi connectivity index (χ0n) is 19.5. The van der Waals surface area contributed by atoms with E-state index in [9.17, 15) is 20.3 Å². The Morgan fingerprint density at radius 1 is 0.886 bits per heavy atom. The topological polar surface area (TPSA) is 102 Å². The average molecular weight is 474 g/mol. The lowest BCUT2D eigenvalue weighted by Crippen LogP contribution is -2.62. The molecule has 35 heavy (non-hydrogen) atoms. The number of nitrogens with zero attached hydrogens (tertiary/aromatic N) is 1. The van der Waals surface area contributed by atoms with E-state index in [2.05, 4.69) is 0 Å². The van der Waals surface area contributed by atoms with Gasteiger partial charge >= 0.3 is 0 Å². The van der Waals surface area contributed by atoms with Gasteiger partial charge in [-0.05, 0) is 59.2 Å². The van der Waals surface area contributed by atoms with Crippen molar-refractivity contribution in [3.63, 3.8) is 0 Å². The number of allylic oxidation sites excluding steroid dienone is 1. The third-order valence-electron chi connectivity index (χ3n) is 6.80. The van der Waals surface area contributed by atoms with Gasteiger partial charge in [-0.25, -0.2) is 0 Å². The number of benzene rings is 3. The van der Waals surface area contributed by atoms with Crippen LogP contribution in [0.4, 0.5) is 0 Å². The molecular formula is C28H27NO6. The van der Waals surface area contributed by atoms with Crippen molar-refractivity contribution >= 4 is 0 Å². The second-order valence-corrected chi connectivity index (χ2v) is 8.37. The highest BCUT2D eigenvalue weighted by Crippen LogP contribution is 2.54. The molecule has 0 spiro atoms. The van der Waals surface area contributed by atoms with E-state index < -0.39 is 23.5 Å². The average Bonchev–Trinajstić information content (AvgIpc) is 2.91. The lowest BCUT2D eigenvalue weighted by Gasteiger charge is -2.47. The van der Waals surface area contributed by atoms with Gasteiger partial charge in [-0.1, -0.05) is 54.6 Å². The summed E-state index contributed by atoms with van der Waals surface area (Å²) in [6, 6.07) is 23.5. The number of ether oxygens (including phenoxy) is 2. The van der Waals surface area contributed by atoms with Gasteiger partial charge in [0.05, 0.1) is 26.7 Å². The summed E-state index contributed by atoms with van der Waals surface area (Å²) in [6.07, 6.45) is 4.10. The van der Waals surface area contributed by atoms with Crippen LogP contribution >= 0.6 is 0 Å². The Balaban J connectivity index is 2.20. The zero-order valence-corrected chi connectivity index (χ0v) is 19.5. The van der Waals surface area contributed by atoms with Crippen molar-refractivity contribution in [1.29, 1.82) is 0 Å². The number of hydrogen-bond acceptors (Lipinski definition) is 6. The minimum absolute atomic E-state index is 0.132. The lowest BCUT2D eigenvalue weighted by molar-refractivity contribution is -0.574. The number of aliphatic hydroxyl groups is 2.